The summed E-state index contributed by atoms with van der Waals surface area (Å²) in [7, 11) is 0. The Morgan fingerprint density at radius 2 is 1.53 bits per heavy atom. The predicted molar refractivity (Wildman–Crippen MR) is 58.0 cm³/mol. The molecule has 0 aromatic heterocycles. The summed E-state index contributed by atoms with van der Waals surface area (Å²) in [6.45, 7) is 1.32. The van der Waals surface area contributed by atoms with Gasteiger partial charge in [-0.3, -0.25) is 14.5 Å². The van der Waals surface area contributed by atoms with Crippen LogP contribution in [0.4, 0.5) is 0 Å². The zero-order valence-electron chi connectivity index (χ0n) is 9.81. The summed E-state index contributed by atoms with van der Waals surface area (Å²) in [5, 5.41) is 0. The van der Waals surface area contributed by atoms with Gasteiger partial charge in [0.15, 0.2) is 5.79 Å². The van der Waals surface area contributed by atoms with Gasteiger partial charge in [-0.2, -0.15) is 0 Å². The minimum Gasteiger partial charge on any atom is -0.348 e. The van der Waals surface area contributed by atoms with Gasteiger partial charge in [0, 0.05) is 31.7 Å². The van der Waals surface area contributed by atoms with Crippen LogP contribution in [-0.4, -0.2) is 41.8 Å². The van der Waals surface area contributed by atoms with Crippen molar-refractivity contribution in [3.05, 3.63) is 0 Å². The molecule has 0 bridgehead atoms. The summed E-state index contributed by atoms with van der Waals surface area (Å²) in [6, 6.07) is 0.0657. The van der Waals surface area contributed by atoms with Crippen molar-refractivity contribution in [2.24, 2.45) is 0 Å². The van der Waals surface area contributed by atoms with Gasteiger partial charge in [-0.1, -0.05) is 0 Å². The van der Waals surface area contributed by atoms with Crippen LogP contribution in [0.15, 0.2) is 0 Å². The van der Waals surface area contributed by atoms with Gasteiger partial charge in [-0.25, -0.2) is 0 Å². The molecule has 2 heterocycles. The fraction of sp³-hybridized carbons (Fsp3) is 0.833. The minimum absolute atomic E-state index is 0.00999. The Labute approximate surface area is 100 Å². The molecule has 0 unspecified atom stereocenters. The number of amides is 2. The molecule has 0 radical (unpaired) electrons. The summed E-state index contributed by atoms with van der Waals surface area (Å²) >= 11 is 0. The Kier molecular flexibility index (Phi) is 2.67. The van der Waals surface area contributed by atoms with Crippen LogP contribution in [0.1, 0.15) is 38.5 Å². The lowest BCUT2D eigenvalue weighted by Gasteiger charge is -2.38. The highest BCUT2D eigenvalue weighted by Crippen LogP contribution is 2.38. The first-order chi connectivity index (χ1) is 8.20. The van der Waals surface area contributed by atoms with Crippen molar-refractivity contribution < 1.29 is 19.1 Å². The highest BCUT2D eigenvalue weighted by molar-refractivity contribution is 6.02. The maximum absolute atomic E-state index is 11.6. The van der Waals surface area contributed by atoms with Gasteiger partial charge in [-0.05, 0) is 12.8 Å². The topological polar surface area (TPSA) is 55.8 Å². The summed E-state index contributed by atoms with van der Waals surface area (Å²) in [6.07, 6.45) is 3.94. The van der Waals surface area contributed by atoms with Crippen molar-refractivity contribution in [2.45, 2.75) is 50.4 Å². The van der Waals surface area contributed by atoms with Crippen molar-refractivity contribution in [1.82, 2.24) is 4.90 Å². The first kappa shape index (κ1) is 11.2. The van der Waals surface area contributed by atoms with E-state index < -0.39 is 5.79 Å². The Bertz CT molecular complexity index is 322. The number of hydrogen-bond donors (Lipinski definition) is 0. The third-order valence-corrected chi connectivity index (χ3v) is 3.99. The fourth-order valence-corrected chi connectivity index (χ4v) is 3.09. The van der Waals surface area contributed by atoms with Crippen molar-refractivity contribution in [1.29, 1.82) is 0 Å². The molecule has 0 atom stereocenters. The molecule has 2 amide bonds. The average Bonchev–Trinajstić information content (AvgIpc) is 2.90. The van der Waals surface area contributed by atoms with Crippen molar-refractivity contribution in [3.63, 3.8) is 0 Å². The largest absolute Gasteiger partial charge is 0.348 e. The number of rotatable bonds is 1. The standard InChI is InChI=1S/C12H17NO4/c14-10-1-2-11(15)13(10)9-3-5-12(6-4-9)16-7-8-17-12/h9H,1-8H2. The smallest absolute Gasteiger partial charge is 0.229 e. The highest BCUT2D eigenvalue weighted by atomic mass is 16.7. The normalized spacial score (nSPS) is 29.5. The molecular formula is C12H17NO4. The van der Waals surface area contributed by atoms with Crippen LogP contribution < -0.4 is 0 Å². The second-order valence-corrected chi connectivity index (χ2v) is 5.00. The maximum Gasteiger partial charge on any atom is 0.229 e. The summed E-state index contributed by atoms with van der Waals surface area (Å²) in [5.74, 6) is -0.434. The van der Waals surface area contributed by atoms with Gasteiger partial charge in [-0.15, -0.1) is 0 Å². The van der Waals surface area contributed by atoms with Gasteiger partial charge in [0.1, 0.15) is 0 Å². The Morgan fingerprint density at radius 1 is 1.00 bits per heavy atom. The van der Waals surface area contributed by atoms with Crippen molar-refractivity contribution in [3.8, 4) is 0 Å². The molecule has 2 aliphatic heterocycles. The molecule has 1 saturated carbocycles. The monoisotopic (exact) mass is 239 g/mol. The Hall–Kier alpha value is -0.940. The van der Waals surface area contributed by atoms with Crippen LogP contribution in [0.25, 0.3) is 0 Å². The van der Waals surface area contributed by atoms with E-state index in [1.165, 1.54) is 4.90 Å². The fourth-order valence-electron chi connectivity index (χ4n) is 3.09. The summed E-state index contributed by atoms with van der Waals surface area (Å²) in [4.78, 5) is 24.8. The molecule has 1 spiro atoms. The zero-order chi connectivity index (χ0) is 11.9. The summed E-state index contributed by atoms with van der Waals surface area (Å²) in [5.41, 5.74) is 0. The number of hydrogen-bond acceptors (Lipinski definition) is 4. The molecule has 5 nitrogen and oxygen atoms in total. The number of ether oxygens (including phenoxy) is 2. The van der Waals surface area contributed by atoms with Gasteiger partial charge in [0.2, 0.25) is 11.8 Å². The number of carbonyl (C=O) groups is 2. The van der Waals surface area contributed by atoms with E-state index >= 15 is 0 Å². The van der Waals surface area contributed by atoms with Crippen LogP contribution >= 0.6 is 0 Å². The van der Waals surface area contributed by atoms with Crippen molar-refractivity contribution in [2.75, 3.05) is 13.2 Å². The molecule has 17 heavy (non-hydrogen) atoms. The quantitative estimate of drug-likeness (QED) is 0.636. The van der Waals surface area contributed by atoms with E-state index in [2.05, 4.69) is 0 Å². The average molecular weight is 239 g/mol. The van der Waals surface area contributed by atoms with E-state index in [4.69, 9.17) is 9.47 Å². The molecule has 2 saturated heterocycles. The van der Waals surface area contributed by atoms with Crippen LogP contribution in [0.2, 0.25) is 0 Å². The second-order valence-electron chi connectivity index (χ2n) is 5.00. The molecule has 5 heteroatoms. The van der Waals surface area contributed by atoms with E-state index in [0.717, 1.165) is 25.7 Å². The van der Waals surface area contributed by atoms with E-state index in [1.807, 2.05) is 0 Å². The maximum atomic E-state index is 11.6. The third kappa shape index (κ3) is 1.87. The number of nitrogens with zero attached hydrogens (tertiary/aromatic N) is 1. The first-order valence-electron chi connectivity index (χ1n) is 6.33. The number of imide groups is 1. The molecule has 0 aromatic carbocycles. The molecule has 3 aliphatic rings. The molecule has 3 rings (SSSR count). The zero-order valence-corrected chi connectivity index (χ0v) is 9.81. The molecule has 1 aliphatic carbocycles. The summed E-state index contributed by atoms with van der Waals surface area (Å²) < 4.78 is 11.3. The molecular weight excluding hydrogens is 222 g/mol. The lowest BCUT2D eigenvalue weighted by atomic mass is 9.89. The van der Waals surface area contributed by atoms with Crippen LogP contribution in [0, 0.1) is 0 Å². The molecule has 0 aromatic rings. The third-order valence-electron chi connectivity index (χ3n) is 3.99. The highest BCUT2D eigenvalue weighted by Gasteiger charge is 2.44. The van der Waals surface area contributed by atoms with Gasteiger partial charge in [0.05, 0.1) is 13.2 Å². The number of likely N-dealkylation sites (tertiary alicyclic amines) is 1. The molecule has 3 fully saturated rings. The first-order valence-corrected chi connectivity index (χ1v) is 6.33. The van der Waals surface area contributed by atoms with E-state index in [9.17, 15) is 9.59 Å². The van der Waals surface area contributed by atoms with Gasteiger partial charge < -0.3 is 9.47 Å². The lowest BCUT2D eigenvalue weighted by Crippen LogP contribution is -2.46. The van der Waals surface area contributed by atoms with Gasteiger partial charge in [0.25, 0.3) is 0 Å². The number of carbonyl (C=O) groups excluding carboxylic acids is 2. The minimum atomic E-state index is -0.414. The van der Waals surface area contributed by atoms with E-state index in [-0.39, 0.29) is 17.9 Å². The predicted octanol–water partition coefficient (Wildman–Crippen LogP) is 0.821. The van der Waals surface area contributed by atoms with E-state index in [0.29, 0.717) is 26.1 Å². The Balaban J connectivity index is 1.64. The molecule has 0 N–H and O–H groups in total. The Morgan fingerprint density at radius 3 is 2.06 bits per heavy atom. The van der Waals surface area contributed by atoms with Crippen LogP contribution in [0.3, 0.4) is 0 Å². The SMILES string of the molecule is O=C1CCC(=O)N1C1CCC2(CC1)OCCO2. The van der Waals surface area contributed by atoms with E-state index in [1.54, 1.807) is 0 Å². The van der Waals surface area contributed by atoms with Crippen LogP contribution in [0.5, 0.6) is 0 Å². The van der Waals surface area contributed by atoms with Gasteiger partial charge >= 0.3 is 0 Å². The molecule has 94 valence electrons. The second kappa shape index (κ2) is 4.07. The lowest BCUT2D eigenvalue weighted by molar-refractivity contribution is -0.185. The van der Waals surface area contributed by atoms with Crippen molar-refractivity contribution >= 4 is 11.8 Å². The van der Waals surface area contributed by atoms with Crippen LogP contribution in [-0.2, 0) is 19.1 Å².